The zero-order chi connectivity index (χ0) is 16.3. The fourth-order valence-electron chi connectivity index (χ4n) is 2.24. The molecule has 2 aromatic carbocycles. The van der Waals surface area contributed by atoms with Crippen molar-refractivity contribution < 1.29 is 22.6 Å². The van der Waals surface area contributed by atoms with E-state index in [0.717, 1.165) is 0 Å². The first-order valence-corrected chi connectivity index (χ1v) is 7.89. The molecule has 2 rings (SSSR count). The van der Waals surface area contributed by atoms with Crippen LogP contribution in [0, 0.1) is 0 Å². The summed E-state index contributed by atoms with van der Waals surface area (Å²) in [7, 11) is 0.165. The Labute approximate surface area is 129 Å². The van der Waals surface area contributed by atoms with Gasteiger partial charge in [-0.15, -0.1) is 0 Å². The van der Waals surface area contributed by atoms with E-state index in [0.29, 0.717) is 16.9 Å². The number of primary sulfonamides is 1. The van der Waals surface area contributed by atoms with E-state index in [1.807, 2.05) is 6.07 Å². The van der Waals surface area contributed by atoms with Gasteiger partial charge >= 0.3 is 0 Å². The highest BCUT2D eigenvalue weighted by atomic mass is 32.2. The summed E-state index contributed by atoms with van der Waals surface area (Å²) in [4.78, 5) is -0.140. The number of ether oxygens (including phenoxy) is 3. The van der Waals surface area contributed by atoms with E-state index in [2.05, 4.69) is 0 Å². The van der Waals surface area contributed by atoms with Crippen molar-refractivity contribution in [2.24, 2.45) is 5.14 Å². The molecule has 22 heavy (non-hydrogen) atoms. The van der Waals surface area contributed by atoms with Crippen LogP contribution in [0.15, 0.2) is 41.3 Å². The van der Waals surface area contributed by atoms with Crippen molar-refractivity contribution >= 4 is 10.0 Å². The second-order valence-corrected chi connectivity index (χ2v) is 5.93. The average molecular weight is 323 g/mol. The molecule has 0 unspecified atom stereocenters. The van der Waals surface area contributed by atoms with Crippen molar-refractivity contribution in [2.75, 3.05) is 21.3 Å². The van der Waals surface area contributed by atoms with Gasteiger partial charge in [-0.2, -0.15) is 0 Å². The summed E-state index contributed by atoms with van der Waals surface area (Å²) in [5.41, 5.74) is 1.06. The predicted octanol–water partition coefficient (Wildman–Crippen LogP) is 2.03. The van der Waals surface area contributed by atoms with E-state index in [1.165, 1.54) is 21.3 Å². The third-order valence-corrected chi connectivity index (χ3v) is 4.13. The van der Waals surface area contributed by atoms with Gasteiger partial charge in [-0.3, -0.25) is 0 Å². The van der Waals surface area contributed by atoms with E-state index in [1.54, 1.807) is 30.3 Å². The Hall–Kier alpha value is -2.25. The first-order chi connectivity index (χ1) is 10.4. The summed E-state index contributed by atoms with van der Waals surface area (Å²) in [5, 5.41) is 5.38. The Morgan fingerprint density at radius 1 is 0.909 bits per heavy atom. The van der Waals surface area contributed by atoms with Gasteiger partial charge < -0.3 is 14.2 Å². The van der Waals surface area contributed by atoms with Crippen LogP contribution in [0.3, 0.4) is 0 Å². The summed E-state index contributed by atoms with van der Waals surface area (Å²) < 4.78 is 39.9. The Bertz CT molecular complexity index is 772. The number of methoxy groups -OCH3 is 3. The molecule has 0 amide bonds. The number of benzene rings is 2. The molecule has 0 bridgehead atoms. The van der Waals surface area contributed by atoms with Gasteiger partial charge in [-0.25, -0.2) is 13.6 Å². The van der Waals surface area contributed by atoms with Crippen molar-refractivity contribution in [1.82, 2.24) is 0 Å². The molecule has 118 valence electrons. The summed E-state index contributed by atoms with van der Waals surface area (Å²) >= 11 is 0. The number of sulfonamides is 1. The van der Waals surface area contributed by atoms with Gasteiger partial charge in [0.25, 0.3) is 0 Å². The Kier molecular flexibility index (Phi) is 4.58. The van der Waals surface area contributed by atoms with Crippen molar-refractivity contribution in [1.29, 1.82) is 0 Å². The highest BCUT2D eigenvalue weighted by Gasteiger charge is 2.28. The van der Waals surface area contributed by atoms with E-state index < -0.39 is 10.0 Å². The topological polar surface area (TPSA) is 87.9 Å². The van der Waals surface area contributed by atoms with E-state index in [9.17, 15) is 8.42 Å². The fourth-order valence-corrected chi connectivity index (χ4v) is 3.16. The molecule has 0 saturated heterocycles. The molecule has 0 aliphatic carbocycles. The second kappa shape index (κ2) is 6.25. The molecule has 2 N–H and O–H groups in total. The maximum Gasteiger partial charge on any atom is 0.242 e. The van der Waals surface area contributed by atoms with E-state index >= 15 is 0 Å². The molecule has 0 fully saturated rings. The van der Waals surface area contributed by atoms with Gasteiger partial charge in [-0.1, -0.05) is 30.3 Å². The summed E-state index contributed by atoms with van der Waals surface area (Å²) in [5.74, 6) is 0.544. The summed E-state index contributed by atoms with van der Waals surface area (Å²) in [6.45, 7) is 0. The Morgan fingerprint density at radius 2 is 1.50 bits per heavy atom. The van der Waals surface area contributed by atoms with Crippen LogP contribution < -0.4 is 19.3 Å². The van der Waals surface area contributed by atoms with Gasteiger partial charge in [0, 0.05) is 5.56 Å². The van der Waals surface area contributed by atoms with Crippen LogP contribution in [0.2, 0.25) is 0 Å². The molecule has 0 saturated carbocycles. The predicted molar refractivity (Wildman–Crippen MR) is 82.9 cm³/mol. The highest BCUT2D eigenvalue weighted by molar-refractivity contribution is 7.89. The number of rotatable bonds is 5. The van der Waals surface area contributed by atoms with Crippen molar-refractivity contribution in [3.05, 3.63) is 36.4 Å². The molecule has 0 spiro atoms. The molecular formula is C15H17NO5S. The third kappa shape index (κ3) is 2.86. The first kappa shape index (κ1) is 16.1. The minimum absolute atomic E-state index is 0.0169. The lowest BCUT2D eigenvalue weighted by Gasteiger charge is -2.18. The SMILES string of the molecule is COc1cc(-c2ccccc2)c(S(N)(=O)=O)c(OC)c1OC. The zero-order valence-electron chi connectivity index (χ0n) is 12.5. The van der Waals surface area contributed by atoms with Crippen LogP contribution >= 0.6 is 0 Å². The average Bonchev–Trinajstić information content (AvgIpc) is 2.52. The highest BCUT2D eigenvalue weighted by Crippen LogP contribution is 2.46. The molecule has 0 radical (unpaired) electrons. The summed E-state index contributed by atoms with van der Waals surface area (Å²) in [6.07, 6.45) is 0. The largest absolute Gasteiger partial charge is 0.493 e. The molecule has 0 aliphatic heterocycles. The van der Waals surface area contributed by atoms with Gasteiger partial charge in [0.1, 0.15) is 4.90 Å². The monoisotopic (exact) mass is 323 g/mol. The molecule has 2 aromatic rings. The lowest BCUT2D eigenvalue weighted by molar-refractivity contribution is 0.319. The number of nitrogens with two attached hydrogens (primary N) is 1. The fraction of sp³-hybridized carbons (Fsp3) is 0.200. The molecule has 6 nitrogen and oxygen atoms in total. The number of hydrogen-bond donors (Lipinski definition) is 1. The van der Waals surface area contributed by atoms with Crippen LogP contribution in [-0.4, -0.2) is 29.7 Å². The molecule has 0 aliphatic rings. The summed E-state index contributed by atoms with van der Waals surface area (Å²) in [6, 6.07) is 10.5. The zero-order valence-corrected chi connectivity index (χ0v) is 13.3. The standard InChI is InChI=1S/C15H17NO5S/c1-19-12-9-11(10-7-5-4-6-8-10)15(22(16,17)18)14(21-3)13(12)20-2/h4-9H,1-3H3,(H2,16,17,18). The quantitative estimate of drug-likeness (QED) is 0.909. The van der Waals surface area contributed by atoms with E-state index in [-0.39, 0.29) is 16.4 Å². The maximum absolute atomic E-state index is 12.1. The smallest absolute Gasteiger partial charge is 0.242 e. The minimum atomic E-state index is -4.04. The van der Waals surface area contributed by atoms with Gasteiger partial charge in [0.05, 0.1) is 21.3 Å². The molecule has 0 heterocycles. The van der Waals surface area contributed by atoms with Crippen LogP contribution in [0.4, 0.5) is 0 Å². The Morgan fingerprint density at radius 3 is 1.95 bits per heavy atom. The molecule has 7 heteroatoms. The second-order valence-electron chi connectivity index (χ2n) is 4.43. The molecule has 0 atom stereocenters. The maximum atomic E-state index is 12.1. The minimum Gasteiger partial charge on any atom is -0.493 e. The molecule has 0 aromatic heterocycles. The first-order valence-electron chi connectivity index (χ1n) is 6.35. The van der Waals surface area contributed by atoms with Crippen LogP contribution in [0.5, 0.6) is 17.2 Å². The van der Waals surface area contributed by atoms with Gasteiger partial charge in [0.15, 0.2) is 11.5 Å². The van der Waals surface area contributed by atoms with Crippen LogP contribution in [0.25, 0.3) is 11.1 Å². The van der Waals surface area contributed by atoms with Crippen LogP contribution in [0.1, 0.15) is 0 Å². The van der Waals surface area contributed by atoms with Gasteiger partial charge in [-0.05, 0) is 11.6 Å². The van der Waals surface area contributed by atoms with Gasteiger partial charge in [0.2, 0.25) is 15.8 Å². The van der Waals surface area contributed by atoms with E-state index in [4.69, 9.17) is 19.3 Å². The Balaban J connectivity index is 2.94. The van der Waals surface area contributed by atoms with Crippen molar-refractivity contribution in [3.8, 4) is 28.4 Å². The van der Waals surface area contributed by atoms with Crippen molar-refractivity contribution in [2.45, 2.75) is 4.90 Å². The lowest BCUT2D eigenvalue weighted by atomic mass is 10.0. The van der Waals surface area contributed by atoms with Crippen molar-refractivity contribution in [3.63, 3.8) is 0 Å². The normalized spacial score (nSPS) is 11.1. The van der Waals surface area contributed by atoms with Crippen LogP contribution in [-0.2, 0) is 10.0 Å². The third-order valence-electron chi connectivity index (χ3n) is 3.15. The molecular weight excluding hydrogens is 306 g/mol. The lowest BCUT2D eigenvalue weighted by Crippen LogP contribution is -2.15. The number of hydrogen-bond acceptors (Lipinski definition) is 5.